The molecule has 0 spiro atoms. The number of likely N-dealkylation sites (tertiary alicyclic amines) is 1. The van der Waals surface area contributed by atoms with Crippen molar-refractivity contribution in [2.24, 2.45) is 0 Å². The van der Waals surface area contributed by atoms with E-state index in [2.05, 4.69) is 21.5 Å². The predicted octanol–water partition coefficient (Wildman–Crippen LogP) is 2.90. The van der Waals surface area contributed by atoms with E-state index in [1.165, 1.54) is 56.8 Å². The Bertz CT molecular complexity index is 183. The van der Waals surface area contributed by atoms with Gasteiger partial charge in [-0.2, -0.15) is 11.8 Å². The molecule has 86 valence electrons. The molecule has 0 aliphatic carbocycles. The van der Waals surface area contributed by atoms with Crippen LogP contribution < -0.4 is 0 Å². The van der Waals surface area contributed by atoms with Crippen LogP contribution in [0.15, 0.2) is 0 Å². The molecule has 0 bridgehead atoms. The average molecular weight is 226 g/mol. The Hall–Kier alpha value is -0.200. The zero-order valence-electron chi connectivity index (χ0n) is 9.58. The Morgan fingerprint density at radius 2 is 1.80 bits per heavy atom. The molecule has 1 saturated heterocycles. The van der Waals surface area contributed by atoms with E-state index >= 15 is 0 Å². The maximum Gasteiger partial charge on any atom is 0.214 e. The van der Waals surface area contributed by atoms with Crippen molar-refractivity contribution in [3.8, 4) is 0 Å². The van der Waals surface area contributed by atoms with E-state index in [1.807, 2.05) is 0 Å². The summed E-state index contributed by atoms with van der Waals surface area (Å²) in [5.41, 5.74) is 0. The maximum absolute atomic E-state index is 6.66. The summed E-state index contributed by atoms with van der Waals surface area (Å²) >= 11 is 2.06. The van der Waals surface area contributed by atoms with Gasteiger partial charge in [0, 0.05) is 6.42 Å². The number of hydrogen-bond acceptors (Lipinski definition) is 2. The summed E-state index contributed by atoms with van der Waals surface area (Å²) in [4.78, 5) is 5.94. The van der Waals surface area contributed by atoms with Crippen molar-refractivity contribution in [1.82, 2.24) is 4.90 Å². The van der Waals surface area contributed by atoms with Crippen LogP contribution in [0.3, 0.4) is 0 Å². The molecule has 3 heteroatoms. The Labute approximate surface area is 98.2 Å². The summed E-state index contributed by atoms with van der Waals surface area (Å²) in [7, 11) is 0. The minimum atomic E-state index is 0.717. The molecule has 0 amide bonds. The third kappa shape index (κ3) is 6.81. The summed E-state index contributed by atoms with van der Waals surface area (Å²) in [6, 6.07) is 0. The zero-order valence-corrected chi connectivity index (χ0v) is 10.4. The maximum atomic E-state index is 6.66. The van der Waals surface area contributed by atoms with Gasteiger partial charge in [0.05, 0.1) is 0 Å². The van der Waals surface area contributed by atoms with Gasteiger partial charge in [0.1, 0.15) is 0 Å². The number of rotatable bonds is 8. The largest absolute Gasteiger partial charge is 0.317 e. The van der Waals surface area contributed by atoms with Crippen molar-refractivity contribution in [1.29, 1.82) is 0 Å². The molecule has 1 fully saturated rings. The van der Waals surface area contributed by atoms with Crippen LogP contribution in [0.25, 0.3) is 4.85 Å². The lowest BCUT2D eigenvalue weighted by Crippen LogP contribution is -2.20. The molecule has 2 nitrogen and oxygen atoms in total. The standard InChI is InChI=1S/C12H22N2S/c1-13-7-2-5-11-15-12-6-10-14-8-3-4-9-14/h2-12H2. The molecule has 0 aromatic heterocycles. The summed E-state index contributed by atoms with van der Waals surface area (Å²) in [6.45, 7) is 11.3. The second kappa shape index (κ2) is 9.06. The first-order valence-corrected chi connectivity index (χ1v) is 7.22. The van der Waals surface area contributed by atoms with Gasteiger partial charge in [-0.05, 0) is 56.8 Å². The Kier molecular flexibility index (Phi) is 7.77. The van der Waals surface area contributed by atoms with Crippen LogP contribution in [0.5, 0.6) is 0 Å². The second-order valence-electron chi connectivity index (χ2n) is 4.10. The first-order chi connectivity index (χ1) is 7.43. The number of nitrogens with zero attached hydrogens (tertiary/aromatic N) is 2. The van der Waals surface area contributed by atoms with Crippen molar-refractivity contribution in [3.63, 3.8) is 0 Å². The quantitative estimate of drug-likeness (QED) is 0.464. The Morgan fingerprint density at radius 3 is 2.53 bits per heavy atom. The highest BCUT2D eigenvalue weighted by molar-refractivity contribution is 7.99. The van der Waals surface area contributed by atoms with E-state index < -0.39 is 0 Å². The monoisotopic (exact) mass is 226 g/mol. The van der Waals surface area contributed by atoms with Gasteiger partial charge in [0.2, 0.25) is 6.54 Å². The van der Waals surface area contributed by atoms with Crippen LogP contribution in [0, 0.1) is 6.57 Å². The molecule has 15 heavy (non-hydrogen) atoms. The second-order valence-corrected chi connectivity index (χ2v) is 5.33. The van der Waals surface area contributed by atoms with Gasteiger partial charge >= 0.3 is 0 Å². The van der Waals surface area contributed by atoms with E-state index in [9.17, 15) is 0 Å². The molecular formula is C12H22N2S. The van der Waals surface area contributed by atoms with E-state index in [4.69, 9.17) is 6.57 Å². The molecule has 0 radical (unpaired) electrons. The van der Waals surface area contributed by atoms with Gasteiger partial charge < -0.3 is 9.74 Å². The van der Waals surface area contributed by atoms with Crippen molar-refractivity contribution >= 4 is 11.8 Å². The lowest BCUT2D eigenvalue weighted by molar-refractivity contribution is 0.341. The van der Waals surface area contributed by atoms with Gasteiger partial charge in [-0.1, -0.05) is 0 Å². The summed E-state index contributed by atoms with van der Waals surface area (Å²) < 4.78 is 0. The van der Waals surface area contributed by atoms with Crippen LogP contribution in [0.1, 0.15) is 32.1 Å². The fourth-order valence-electron chi connectivity index (χ4n) is 1.89. The highest BCUT2D eigenvalue weighted by Crippen LogP contribution is 2.10. The molecule has 0 unspecified atom stereocenters. The van der Waals surface area contributed by atoms with Crippen LogP contribution >= 0.6 is 11.8 Å². The number of thioether (sulfide) groups is 1. The van der Waals surface area contributed by atoms with Crippen LogP contribution in [0.4, 0.5) is 0 Å². The van der Waals surface area contributed by atoms with Gasteiger partial charge in [-0.25, -0.2) is 6.57 Å². The lowest BCUT2D eigenvalue weighted by atomic mass is 10.3. The summed E-state index contributed by atoms with van der Waals surface area (Å²) in [5.74, 6) is 2.55. The molecule has 1 aliphatic heterocycles. The SMILES string of the molecule is [C-]#[N+]CCCCSCCCN1CCCC1. The lowest BCUT2D eigenvalue weighted by Gasteiger charge is -2.13. The average Bonchev–Trinajstić information content (AvgIpc) is 2.75. The molecule has 1 aliphatic rings. The normalized spacial score (nSPS) is 16.7. The fourth-order valence-corrected chi connectivity index (χ4v) is 2.84. The molecule has 0 N–H and O–H groups in total. The summed E-state index contributed by atoms with van der Waals surface area (Å²) in [6.07, 6.45) is 6.46. The van der Waals surface area contributed by atoms with E-state index in [0.717, 1.165) is 6.42 Å². The predicted molar refractivity (Wildman–Crippen MR) is 68.3 cm³/mol. The number of unbranched alkanes of at least 4 members (excludes halogenated alkanes) is 1. The van der Waals surface area contributed by atoms with Crippen molar-refractivity contribution in [3.05, 3.63) is 11.4 Å². The molecule has 1 rings (SSSR count). The van der Waals surface area contributed by atoms with Crippen molar-refractivity contribution in [2.45, 2.75) is 32.1 Å². The minimum absolute atomic E-state index is 0.717. The van der Waals surface area contributed by atoms with Crippen LogP contribution in [-0.2, 0) is 0 Å². The van der Waals surface area contributed by atoms with Crippen LogP contribution in [0.2, 0.25) is 0 Å². The molecule has 1 heterocycles. The molecule has 0 aromatic carbocycles. The van der Waals surface area contributed by atoms with Crippen molar-refractivity contribution < 1.29 is 0 Å². The molecule has 0 atom stereocenters. The van der Waals surface area contributed by atoms with Gasteiger partial charge in [-0.15, -0.1) is 0 Å². The smallest absolute Gasteiger partial charge is 0.214 e. The topological polar surface area (TPSA) is 7.60 Å². The zero-order chi connectivity index (χ0) is 10.8. The molecular weight excluding hydrogens is 204 g/mol. The molecule has 0 aromatic rings. The molecule has 0 saturated carbocycles. The summed E-state index contributed by atoms with van der Waals surface area (Å²) in [5, 5.41) is 0. The fraction of sp³-hybridized carbons (Fsp3) is 0.917. The highest BCUT2D eigenvalue weighted by atomic mass is 32.2. The number of hydrogen-bond donors (Lipinski definition) is 0. The van der Waals surface area contributed by atoms with Crippen LogP contribution in [-0.4, -0.2) is 42.6 Å². The third-order valence-electron chi connectivity index (χ3n) is 2.77. The van der Waals surface area contributed by atoms with Gasteiger partial charge in [0.15, 0.2) is 0 Å². The van der Waals surface area contributed by atoms with E-state index in [-0.39, 0.29) is 0 Å². The van der Waals surface area contributed by atoms with E-state index in [1.54, 1.807) is 0 Å². The van der Waals surface area contributed by atoms with Gasteiger partial charge in [-0.3, -0.25) is 0 Å². The third-order valence-corrected chi connectivity index (χ3v) is 3.92. The van der Waals surface area contributed by atoms with E-state index in [0.29, 0.717) is 6.54 Å². The first kappa shape index (κ1) is 12.9. The Morgan fingerprint density at radius 1 is 1.07 bits per heavy atom. The minimum Gasteiger partial charge on any atom is -0.317 e. The Balaban J connectivity index is 1.75. The highest BCUT2D eigenvalue weighted by Gasteiger charge is 2.09. The van der Waals surface area contributed by atoms with Gasteiger partial charge in [0.25, 0.3) is 0 Å². The first-order valence-electron chi connectivity index (χ1n) is 6.07. The van der Waals surface area contributed by atoms with Crippen molar-refractivity contribution in [2.75, 3.05) is 37.7 Å².